The highest BCUT2D eigenvalue weighted by molar-refractivity contribution is 7.42. The van der Waals surface area contributed by atoms with Gasteiger partial charge in [0.15, 0.2) is 0 Å². The first-order valence-corrected chi connectivity index (χ1v) is 3.83. The lowest BCUT2D eigenvalue weighted by molar-refractivity contribution is 0.903. The van der Waals surface area contributed by atoms with Crippen LogP contribution >= 0.6 is 8.58 Å². The van der Waals surface area contributed by atoms with Gasteiger partial charge in [-0.1, -0.05) is 34.8 Å². The Morgan fingerprint density at radius 2 is 2.43 bits per heavy atom. The minimum atomic E-state index is 0.859. The van der Waals surface area contributed by atoms with E-state index < -0.39 is 0 Å². The van der Waals surface area contributed by atoms with Crippen LogP contribution in [0, 0.1) is 0 Å². The predicted molar refractivity (Wildman–Crippen MR) is 38.3 cm³/mol. The Labute approximate surface area is 47.8 Å². The molecule has 0 aromatic heterocycles. The summed E-state index contributed by atoms with van der Waals surface area (Å²) in [4.78, 5) is 0. The van der Waals surface area contributed by atoms with E-state index in [2.05, 4.69) is 20.4 Å². The molecular weight excluding hydrogens is 103 g/mol. The molecule has 0 aromatic carbocycles. The van der Waals surface area contributed by atoms with Crippen LogP contribution in [0.3, 0.4) is 0 Å². The molecule has 7 heavy (non-hydrogen) atoms. The van der Waals surface area contributed by atoms with Crippen molar-refractivity contribution in [3.05, 3.63) is 12.4 Å². The standard InChI is InChI=1S/C6H13P/c1-4-6(3)7-5-2/h5-7H,2,4H2,1,3H3. The van der Waals surface area contributed by atoms with E-state index in [1.54, 1.807) is 0 Å². The molecule has 1 heteroatoms. The van der Waals surface area contributed by atoms with E-state index in [-0.39, 0.29) is 0 Å². The van der Waals surface area contributed by atoms with Crippen LogP contribution in [-0.2, 0) is 0 Å². The van der Waals surface area contributed by atoms with Gasteiger partial charge in [-0.2, -0.15) is 0 Å². The second kappa shape index (κ2) is 4.33. The Bertz CT molecular complexity index is 50.1. The summed E-state index contributed by atoms with van der Waals surface area (Å²) in [6.07, 6.45) is 1.28. The van der Waals surface area contributed by atoms with Gasteiger partial charge in [0.25, 0.3) is 0 Å². The van der Waals surface area contributed by atoms with Crippen molar-refractivity contribution in [2.45, 2.75) is 25.9 Å². The molecule has 0 spiro atoms. The molecule has 0 aliphatic heterocycles. The summed E-state index contributed by atoms with van der Waals surface area (Å²) in [5.74, 6) is 2.01. The van der Waals surface area contributed by atoms with E-state index in [4.69, 9.17) is 0 Å². The zero-order valence-electron chi connectivity index (χ0n) is 5.07. The zero-order chi connectivity index (χ0) is 5.70. The maximum absolute atomic E-state index is 3.66. The van der Waals surface area contributed by atoms with Gasteiger partial charge in [0, 0.05) is 0 Å². The molecule has 0 aromatic rings. The summed E-state index contributed by atoms with van der Waals surface area (Å²) in [7, 11) is 0.953. The summed E-state index contributed by atoms with van der Waals surface area (Å²) in [5, 5.41) is 0. The van der Waals surface area contributed by atoms with Crippen molar-refractivity contribution >= 4 is 8.58 Å². The molecule has 42 valence electrons. The lowest BCUT2D eigenvalue weighted by Gasteiger charge is -2.00. The Balaban J connectivity index is 2.98. The molecule has 0 saturated carbocycles. The van der Waals surface area contributed by atoms with E-state index in [9.17, 15) is 0 Å². The van der Waals surface area contributed by atoms with E-state index in [0.717, 1.165) is 14.2 Å². The predicted octanol–water partition coefficient (Wildman–Crippen LogP) is 2.61. The van der Waals surface area contributed by atoms with Gasteiger partial charge >= 0.3 is 0 Å². The van der Waals surface area contributed by atoms with Gasteiger partial charge in [-0.15, -0.1) is 0 Å². The topological polar surface area (TPSA) is 0 Å². The van der Waals surface area contributed by atoms with Crippen LogP contribution in [0.25, 0.3) is 0 Å². The van der Waals surface area contributed by atoms with Crippen molar-refractivity contribution in [2.24, 2.45) is 0 Å². The number of hydrogen-bond acceptors (Lipinski definition) is 0. The van der Waals surface area contributed by atoms with Crippen molar-refractivity contribution in [1.29, 1.82) is 0 Å². The Hall–Kier alpha value is 0.170. The highest BCUT2D eigenvalue weighted by Gasteiger charge is 1.90. The fraction of sp³-hybridized carbons (Fsp3) is 0.667. The average molecular weight is 116 g/mol. The summed E-state index contributed by atoms with van der Waals surface area (Å²) in [6, 6.07) is 0. The van der Waals surface area contributed by atoms with Crippen LogP contribution in [0.5, 0.6) is 0 Å². The third kappa shape index (κ3) is 4.01. The summed E-state index contributed by atoms with van der Waals surface area (Å²) in [6.45, 7) is 8.12. The maximum Gasteiger partial charge on any atom is -0.0233 e. The van der Waals surface area contributed by atoms with E-state index >= 15 is 0 Å². The van der Waals surface area contributed by atoms with Crippen molar-refractivity contribution < 1.29 is 0 Å². The van der Waals surface area contributed by atoms with E-state index in [1.807, 2.05) is 5.82 Å². The molecule has 0 saturated heterocycles. The smallest absolute Gasteiger partial charge is 0.0233 e. The van der Waals surface area contributed by atoms with Crippen molar-refractivity contribution in [3.8, 4) is 0 Å². The lowest BCUT2D eigenvalue weighted by Crippen LogP contribution is -1.85. The van der Waals surface area contributed by atoms with Gasteiger partial charge in [0.05, 0.1) is 0 Å². The van der Waals surface area contributed by atoms with Crippen molar-refractivity contribution in [2.75, 3.05) is 0 Å². The lowest BCUT2D eigenvalue weighted by atomic mass is 10.4. The van der Waals surface area contributed by atoms with E-state index in [0.29, 0.717) is 0 Å². The quantitative estimate of drug-likeness (QED) is 0.497. The number of rotatable bonds is 3. The highest BCUT2D eigenvalue weighted by atomic mass is 31.1. The Morgan fingerprint density at radius 1 is 1.86 bits per heavy atom. The minimum Gasteiger partial charge on any atom is -0.0988 e. The van der Waals surface area contributed by atoms with Gasteiger partial charge in [0.2, 0.25) is 0 Å². The SMILES string of the molecule is C=CPC(C)CC. The molecular formula is C6H13P. The maximum atomic E-state index is 3.66. The average Bonchev–Trinajstić information content (AvgIpc) is 1.68. The van der Waals surface area contributed by atoms with E-state index in [1.165, 1.54) is 6.42 Å². The molecule has 0 aliphatic rings. The largest absolute Gasteiger partial charge is 0.0988 e. The first kappa shape index (κ1) is 7.17. The van der Waals surface area contributed by atoms with Crippen LogP contribution in [0.1, 0.15) is 20.3 Å². The van der Waals surface area contributed by atoms with Gasteiger partial charge in [0.1, 0.15) is 0 Å². The van der Waals surface area contributed by atoms with Crippen LogP contribution in [0.15, 0.2) is 12.4 Å². The molecule has 2 unspecified atom stereocenters. The molecule has 0 fully saturated rings. The van der Waals surface area contributed by atoms with Gasteiger partial charge in [-0.25, -0.2) is 0 Å². The molecule has 0 bridgehead atoms. The second-order valence-electron chi connectivity index (χ2n) is 1.68. The fourth-order valence-electron chi connectivity index (χ4n) is 0.319. The molecule has 0 amide bonds. The van der Waals surface area contributed by atoms with Crippen LogP contribution in [0.4, 0.5) is 0 Å². The van der Waals surface area contributed by atoms with Crippen LogP contribution in [-0.4, -0.2) is 5.66 Å². The van der Waals surface area contributed by atoms with Gasteiger partial charge < -0.3 is 0 Å². The summed E-state index contributed by atoms with van der Waals surface area (Å²) in [5.41, 5.74) is 0.859. The first-order chi connectivity index (χ1) is 3.31. The van der Waals surface area contributed by atoms with Gasteiger partial charge in [-0.3, -0.25) is 0 Å². The Morgan fingerprint density at radius 3 is 2.57 bits per heavy atom. The third-order valence-electron chi connectivity index (χ3n) is 1.01. The van der Waals surface area contributed by atoms with Crippen molar-refractivity contribution in [3.63, 3.8) is 0 Å². The summed E-state index contributed by atoms with van der Waals surface area (Å²) >= 11 is 0. The molecule has 2 atom stereocenters. The monoisotopic (exact) mass is 116 g/mol. The zero-order valence-corrected chi connectivity index (χ0v) is 6.07. The fourth-order valence-corrected chi connectivity index (χ4v) is 0.957. The molecule has 0 rings (SSSR count). The molecule has 0 heterocycles. The first-order valence-electron chi connectivity index (χ1n) is 2.68. The normalized spacial score (nSPS) is 15.1. The number of hydrogen-bond donors (Lipinski definition) is 0. The van der Waals surface area contributed by atoms with Crippen LogP contribution in [0.2, 0.25) is 0 Å². The third-order valence-corrected chi connectivity index (χ3v) is 2.23. The molecule has 0 aliphatic carbocycles. The molecule has 0 N–H and O–H groups in total. The molecule has 0 radical (unpaired) electrons. The Kier molecular flexibility index (Phi) is 4.44. The van der Waals surface area contributed by atoms with Gasteiger partial charge in [-0.05, 0) is 12.1 Å². The molecule has 0 nitrogen and oxygen atoms in total. The highest BCUT2D eigenvalue weighted by Crippen LogP contribution is 2.20. The summed E-state index contributed by atoms with van der Waals surface area (Å²) < 4.78 is 0. The van der Waals surface area contributed by atoms with Crippen LogP contribution < -0.4 is 0 Å². The second-order valence-corrected chi connectivity index (χ2v) is 3.41. The van der Waals surface area contributed by atoms with Crippen molar-refractivity contribution in [1.82, 2.24) is 0 Å². The minimum absolute atomic E-state index is 0.859.